The molecular formula is C12H15ClN2OS. The minimum Gasteiger partial charge on any atom is -0.491 e. The number of aromatic nitrogens is 1. The van der Waals surface area contributed by atoms with Crippen molar-refractivity contribution in [2.75, 3.05) is 19.0 Å². The molecule has 0 aliphatic rings. The fourth-order valence-electron chi connectivity index (χ4n) is 1.57. The zero-order valence-corrected chi connectivity index (χ0v) is 11.7. The topological polar surface area (TPSA) is 34.1 Å². The number of ether oxygens (including phenoxy) is 1. The molecule has 0 fully saturated rings. The van der Waals surface area contributed by atoms with E-state index in [0.29, 0.717) is 6.61 Å². The number of aryl methyl sites for hydroxylation is 1. The zero-order chi connectivity index (χ0) is 12.4. The number of thiazole rings is 1. The molecule has 1 N–H and O–H groups in total. The van der Waals surface area contributed by atoms with Gasteiger partial charge in [0.15, 0.2) is 5.13 Å². The molecule has 0 bridgehead atoms. The van der Waals surface area contributed by atoms with E-state index in [1.54, 1.807) is 11.3 Å². The van der Waals surface area contributed by atoms with Crippen LogP contribution in [0.5, 0.6) is 5.75 Å². The molecule has 0 aliphatic carbocycles. The Bertz CT molecular complexity index is 539. The Morgan fingerprint density at radius 3 is 2.94 bits per heavy atom. The third-order valence-electron chi connectivity index (χ3n) is 2.43. The number of rotatable bonds is 4. The molecule has 0 saturated carbocycles. The number of hydrogen-bond donors (Lipinski definition) is 1. The molecule has 2 aromatic rings. The van der Waals surface area contributed by atoms with Gasteiger partial charge in [-0.05, 0) is 25.0 Å². The molecule has 5 heteroatoms. The van der Waals surface area contributed by atoms with E-state index in [4.69, 9.17) is 16.3 Å². The first kappa shape index (κ1) is 12.5. The van der Waals surface area contributed by atoms with Gasteiger partial charge in [-0.1, -0.05) is 29.9 Å². The largest absolute Gasteiger partial charge is 0.491 e. The van der Waals surface area contributed by atoms with Gasteiger partial charge in [0.25, 0.3) is 0 Å². The van der Waals surface area contributed by atoms with Crippen molar-refractivity contribution in [3.8, 4) is 5.75 Å². The first-order valence-corrected chi connectivity index (χ1v) is 6.77. The zero-order valence-electron chi connectivity index (χ0n) is 10.1. The van der Waals surface area contributed by atoms with Crippen molar-refractivity contribution in [3.63, 3.8) is 0 Å². The van der Waals surface area contributed by atoms with Crippen LogP contribution in [-0.2, 0) is 0 Å². The number of anilines is 1. The molecule has 0 saturated heterocycles. The molecule has 0 atom stereocenters. The van der Waals surface area contributed by atoms with Gasteiger partial charge in [-0.2, -0.15) is 0 Å². The summed E-state index contributed by atoms with van der Waals surface area (Å²) in [5.74, 6) is 0.821. The van der Waals surface area contributed by atoms with E-state index in [2.05, 4.69) is 17.2 Å². The minimum atomic E-state index is 0.697. The van der Waals surface area contributed by atoms with Crippen molar-refractivity contribution < 1.29 is 4.74 Å². The SMILES string of the molecule is CCCOc1cc(C)c(Cl)c2sc(NC)nc12. The highest BCUT2D eigenvalue weighted by molar-refractivity contribution is 7.22. The second-order valence-corrected chi connectivity index (χ2v) is 5.18. The Morgan fingerprint density at radius 2 is 2.29 bits per heavy atom. The summed E-state index contributed by atoms with van der Waals surface area (Å²) in [6.45, 7) is 4.77. The lowest BCUT2D eigenvalue weighted by Crippen LogP contribution is -1.96. The maximum absolute atomic E-state index is 6.29. The highest BCUT2D eigenvalue weighted by Gasteiger charge is 2.14. The van der Waals surface area contributed by atoms with Crippen molar-refractivity contribution in [2.24, 2.45) is 0 Å². The third-order valence-corrected chi connectivity index (χ3v) is 4.12. The van der Waals surface area contributed by atoms with Gasteiger partial charge in [0, 0.05) is 7.05 Å². The van der Waals surface area contributed by atoms with Gasteiger partial charge < -0.3 is 10.1 Å². The lowest BCUT2D eigenvalue weighted by Gasteiger charge is -2.07. The van der Waals surface area contributed by atoms with Crippen LogP contribution in [0.15, 0.2) is 6.07 Å². The molecule has 0 amide bonds. The van der Waals surface area contributed by atoms with Gasteiger partial charge >= 0.3 is 0 Å². The number of fused-ring (bicyclic) bond motifs is 1. The molecule has 92 valence electrons. The van der Waals surface area contributed by atoms with E-state index in [1.165, 1.54) is 0 Å². The summed E-state index contributed by atoms with van der Waals surface area (Å²) in [6.07, 6.45) is 0.978. The number of hydrogen-bond acceptors (Lipinski definition) is 4. The monoisotopic (exact) mass is 270 g/mol. The van der Waals surface area contributed by atoms with E-state index >= 15 is 0 Å². The predicted molar refractivity (Wildman–Crippen MR) is 74.7 cm³/mol. The molecule has 0 spiro atoms. The van der Waals surface area contributed by atoms with Crippen molar-refractivity contribution in [1.29, 1.82) is 0 Å². The van der Waals surface area contributed by atoms with Crippen LogP contribution in [-0.4, -0.2) is 18.6 Å². The average molecular weight is 271 g/mol. The fourth-order valence-corrected chi connectivity index (χ4v) is 2.76. The van der Waals surface area contributed by atoms with Crippen molar-refractivity contribution in [3.05, 3.63) is 16.7 Å². The second kappa shape index (κ2) is 5.10. The Morgan fingerprint density at radius 1 is 1.53 bits per heavy atom. The maximum atomic E-state index is 6.29. The molecule has 0 unspecified atom stereocenters. The van der Waals surface area contributed by atoms with Crippen LogP contribution in [0.4, 0.5) is 5.13 Å². The number of benzene rings is 1. The van der Waals surface area contributed by atoms with Gasteiger partial charge in [-0.15, -0.1) is 0 Å². The Labute approximate surface area is 110 Å². The average Bonchev–Trinajstić information content (AvgIpc) is 2.76. The van der Waals surface area contributed by atoms with E-state index in [-0.39, 0.29) is 0 Å². The van der Waals surface area contributed by atoms with Gasteiger partial charge in [0.2, 0.25) is 0 Å². The highest BCUT2D eigenvalue weighted by Crippen LogP contribution is 2.39. The van der Waals surface area contributed by atoms with Crippen LogP contribution in [0, 0.1) is 6.92 Å². The summed E-state index contributed by atoms with van der Waals surface area (Å²) < 4.78 is 6.71. The van der Waals surface area contributed by atoms with E-state index < -0.39 is 0 Å². The Kier molecular flexibility index (Phi) is 3.74. The van der Waals surface area contributed by atoms with Crippen LogP contribution in [0.1, 0.15) is 18.9 Å². The molecule has 1 aromatic carbocycles. The summed E-state index contributed by atoms with van der Waals surface area (Å²) >= 11 is 7.84. The van der Waals surface area contributed by atoms with Crippen LogP contribution in [0.3, 0.4) is 0 Å². The molecule has 17 heavy (non-hydrogen) atoms. The second-order valence-electron chi connectivity index (χ2n) is 3.80. The standard InChI is InChI=1S/C12H15ClN2OS/c1-4-5-16-8-6-7(2)9(13)11-10(8)15-12(14-3)17-11/h6H,4-5H2,1-3H3,(H,14,15). The normalized spacial score (nSPS) is 10.8. The molecule has 2 rings (SSSR count). The van der Waals surface area contributed by atoms with Crippen LogP contribution >= 0.6 is 22.9 Å². The molecule has 1 heterocycles. The third kappa shape index (κ3) is 2.33. The number of halogens is 1. The smallest absolute Gasteiger partial charge is 0.183 e. The van der Waals surface area contributed by atoms with Crippen molar-refractivity contribution >= 4 is 38.3 Å². The number of nitrogens with one attached hydrogen (secondary N) is 1. The number of nitrogens with zero attached hydrogens (tertiary/aromatic N) is 1. The molecular weight excluding hydrogens is 256 g/mol. The molecule has 1 aromatic heterocycles. The molecule has 0 aliphatic heterocycles. The Hall–Kier alpha value is -1.00. The summed E-state index contributed by atoms with van der Waals surface area (Å²) in [4.78, 5) is 4.48. The van der Waals surface area contributed by atoms with E-state index in [9.17, 15) is 0 Å². The summed E-state index contributed by atoms with van der Waals surface area (Å²) in [5.41, 5.74) is 1.87. The van der Waals surface area contributed by atoms with Crippen molar-refractivity contribution in [1.82, 2.24) is 4.98 Å². The van der Waals surface area contributed by atoms with Crippen molar-refractivity contribution in [2.45, 2.75) is 20.3 Å². The molecule has 3 nitrogen and oxygen atoms in total. The van der Waals surface area contributed by atoms with Gasteiger partial charge in [-0.25, -0.2) is 4.98 Å². The fraction of sp³-hybridized carbons (Fsp3) is 0.417. The van der Waals surface area contributed by atoms with Crippen LogP contribution in [0.2, 0.25) is 5.02 Å². The maximum Gasteiger partial charge on any atom is 0.183 e. The first-order valence-electron chi connectivity index (χ1n) is 5.57. The lowest BCUT2D eigenvalue weighted by atomic mass is 10.2. The quantitative estimate of drug-likeness (QED) is 0.909. The van der Waals surface area contributed by atoms with Gasteiger partial charge in [0.05, 0.1) is 16.3 Å². The summed E-state index contributed by atoms with van der Waals surface area (Å²) in [7, 11) is 1.85. The summed E-state index contributed by atoms with van der Waals surface area (Å²) in [5, 5.41) is 4.66. The lowest BCUT2D eigenvalue weighted by molar-refractivity contribution is 0.320. The van der Waals surface area contributed by atoms with Gasteiger partial charge in [-0.3, -0.25) is 0 Å². The van der Waals surface area contributed by atoms with E-state index in [0.717, 1.165) is 38.1 Å². The van der Waals surface area contributed by atoms with Crippen LogP contribution in [0.25, 0.3) is 10.2 Å². The molecule has 0 radical (unpaired) electrons. The van der Waals surface area contributed by atoms with E-state index in [1.807, 2.05) is 20.0 Å². The Balaban J connectivity index is 2.58. The predicted octanol–water partition coefficient (Wildman–Crippen LogP) is 4.09. The highest BCUT2D eigenvalue weighted by atomic mass is 35.5. The van der Waals surface area contributed by atoms with Crippen LogP contribution < -0.4 is 10.1 Å². The summed E-state index contributed by atoms with van der Waals surface area (Å²) in [6, 6.07) is 1.96. The minimum absolute atomic E-state index is 0.697. The first-order chi connectivity index (χ1) is 8.17. The van der Waals surface area contributed by atoms with Gasteiger partial charge in [0.1, 0.15) is 11.3 Å².